The molecule has 0 aromatic heterocycles. The number of benzene rings is 2. The van der Waals surface area contributed by atoms with Crippen LogP contribution in [0.3, 0.4) is 0 Å². The fourth-order valence-corrected chi connectivity index (χ4v) is 2.75. The molecule has 0 aliphatic heterocycles. The van der Waals surface area contributed by atoms with Crippen molar-refractivity contribution in [1.82, 2.24) is 0 Å². The second-order valence-electron chi connectivity index (χ2n) is 5.25. The molecule has 0 aliphatic rings. The summed E-state index contributed by atoms with van der Waals surface area (Å²) in [5.74, 6) is -0.400. The van der Waals surface area contributed by atoms with Crippen molar-refractivity contribution in [1.29, 1.82) is 5.26 Å². The van der Waals surface area contributed by atoms with Gasteiger partial charge in [-0.2, -0.15) is 5.26 Å². The van der Waals surface area contributed by atoms with Crippen molar-refractivity contribution in [2.75, 3.05) is 13.7 Å². The second-order valence-corrected chi connectivity index (χ2v) is 6.11. The van der Waals surface area contributed by atoms with Crippen molar-refractivity contribution in [3.63, 3.8) is 0 Å². The molecule has 2 rings (SSSR count). The van der Waals surface area contributed by atoms with Crippen molar-refractivity contribution in [2.24, 2.45) is 0 Å². The van der Waals surface area contributed by atoms with Gasteiger partial charge >= 0.3 is 5.97 Å². The molecular formula is C19H16BrNO4. The maximum Gasteiger partial charge on any atom is 0.341 e. The topological polar surface area (TPSA) is 79.5 Å². The van der Waals surface area contributed by atoms with Crippen LogP contribution in [0.15, 0.2) is 40.9 Å². The smallest absolute Gasteiger partial charge is 0.341 e. The number of ether oxygens (including phenoxy) is 2. The average molecular weight is 402 g/mol. The number of nitriles is 1. The minimum atomic E-state index is -1.08. The molecule has 0 atom stereocenters. The standard InChI is InChI=1S/C19H16BrNO4/c1-12-3-5-14(6-4-12)15(10-21)7-13-8-16(20)19(17(9-13)24-2)25-11-18(22)23/h3-9H,11H2,1-2H3,(H,22,23)/b15-7+. The van der Waals surface area contributed by atoms with Gasteiger partial charge in [0.15, 0.2) is 18.1 Å². The highest BCUT2D eigenvalue weighted by Crippen LogP contribution is 2.37. The third-order valence-electron chi connectivity index (χ3n) is 3.39. The monoisotopic (exact) mass is 401 g/mol. The van der Waals surface area contributed by atoms with E-state index in [1.54, 1.807) is 18.2 Å². The van der Waals surface area contributed by atoms with Crippen LogP contribution in [0.5, 0.6) is 11.5 Å². The van der Waals surface area contributed by atoms with Gasteiger partial charge in [0.05, 0.1) is 23.2 Å². The van der Waals surface area contributed by atoms with E-state index in [-0.39, 0.29) is 0 Å². The molecule has 1 N–H and O–H groups in total. The number of allylic oxidation sites excluding steroid dienone is 1. The molecule has 2 aromatic rings. The molecular weight excluding hydrogens is 386 g/mol. The Labute approximate surface area is 154 Å². The van der Waals surface area contributed by atoms with E-state index in [0.29, 0.717) is 21.5 Å². The Morgan fingerprint density at radius 2 is 2.00 bits per heavy atom. The fraction of sp³-hybridized carbons (Fsp3) is 0.158. The van der Waals surface area contributed by atoms with Crippen molar-refractivity contribution in [3.05, 3.63) is 57.6 Å². The number of carboxylic acids is 1. The van der Waals surface area contributed by atoms with Crippen LogP contribution in [0.25, 0.3) is 11.6 Å². The summed E-state index contributed by atoms with van der Waals surface area (Å²) in [6.45, 7) is 1.51. The van der Waals surface area contributed by atoms with Gasteiger partial charge in [-0.25, -0.2) is 4.79 Å². The Bertz CT molecular complexity index is 851. The van der Waals surface area contributed by atoms with Crippen LogP contribution in [-0.2, 0) is 4.79 Å². The molecule has 6 heteroatoms. The molecule has 0 saturated carbocycles. The summed E-state index contributed by atoms with van der Waals surface area (Å²) in [6, 6.07) is 13.3. The summed E-state index contributed by atoms with van der Waals surface area (Å²) in [7, 11) is 1.47. The molecule has 5 nitrogen and oxygen atoms in total. The van der Waals surface area contributed by atoms with Crippen molar-refractivity contribution < 1.29 is 19.4 Å². The van der Waals surface area contributed by atoms with Gasteiger partial charge < -0.3 is 14.6 Å². The predicted molar refractivity (Wildman–Crippen MR) is 98.5 cm³/mol. The van der Waals surface area contributed by atoms with Gasteiger partial charge in [0, 0.05) is 0 Å². The van der Waals surface area contributed by atoms with E-state index >= 15 is 0 Å². The van der Waals surface area contributed by atoms with Gasteiger partial charge in [0.1, 0.15) is 0 Å². The molecule has 0 aliphatic carbocycles. The van der Waals surface area contributed by atoms with Gasteiger partial charge in [0.2, 0.25) is 0 Å². The highest BCUT2D eigenvalue weighted by atomic mass is 79.9. The number of carbonyl (C=O) groups is 1. The number of aryl methyl sites for hydroxylation is 1. The van der Waals surface area contributed by atoms with E-state index in [4.69, 9.17) is 14.6 Å². The van der Waals surface area contributed by atoms with Gasteiger partial charge in [-0.3, -0.25) is 0 Å². The quantitative estimate of drug-likeness (QED) is 0.576. The first kappa shape index (κ1) is 18.6. The Kier molecular flexibility index (Phi) is 6.20. The van der Waals surface area contributed by atoms with E-state index in [0.717, 1.165) is 16.7 Å². The molecule has 0 fully saturated rings. The third kappa shape index (κ3) is 4.85. The molecule has 0 unspecified atom stereocenters. The summed E-state index contributed by atoms with van der Waals surface area (Å²) in [4.78, 5) is 10.7. The van der Waals surface area contributed by atoms with Gasteiger partial charge in [-0.05, 0) is 52.2 Å². The summed E-state index contributed by atoms with van der Waals surface area (Å²) in [6.07, 6.45) is 1.74. The minimum Gasteiger partial charge on any atom is -0.493 e. The molecule has 0 heterocycles. The zero-order valence-corrected chi connectivity index (χ0v) is 15.3. The van der Waals surface area contributed by atoms with Crippen LogP contribution in [0, 0.1) is 18.3 Å². The summed E-state index contributed by atoms with van der Waals surface area (Å²) >= 11 is 3.36. The number of rotatable bonds is 6. The van der Waals surface area contributed by atoms with Gasteiger partial charge in [-0.1, -0.05) is 29.8 Å². The van der Waals surface area contributed by atoms with Crippen molar-refractivity contribution in [3.8, 4) is 17.6 Å². The molecule has 0 amide bonds. The van der Waals surface area contributed by atoms with Crippen LogP contribution < -0.4 is 9.47 Å². The second kappa shape index (κ2) is 8.36. The van der Waals surface area contributed by atoms with Crippen molar-refractivity contribution in [2.45, 2.75) is 6.92 Å². The van der Waals surface area contributed by atoms with E-state index in [2.05, 4.69) is 22.0 Å². The fourth-order valence-electron chi connectivity index (χ4n) is 2.18. The Balaban J connectivity index is 2.41. The number of aliphatic carboxylic acids is 1. The average Bonchev–Trinajstić information content (AvgIpc) is 2.59. The van der Waals surface area contributed by atoms with Gasteiger partial charge in [-0.15, -0.1) is 0 Å². The first-order valence-corrected chi connectivity index (χ1v) is 8.15. The first-order chi connectivity index (χ1) is 11.9. The molecule has 0 bridgehead atoms. The van der Waals surface area contributed by atoms with Crippen LogP contribution in [0.2, 0.25) is 0 Å². The van der Waals surface area contributed by atoms with E-state index in [9.17, 15) is 10.1 Å². The summed E-state index contributed by atoms with van der Waals surface area (Å²) in [5, 5.41) is 18.2. The third-order valence-corrected chi connectivity index (χ3v) is 3.97. The number of carboxylic acid groups (broad SMARTS) is 1. The lowest BCUT2D eigenvalue weighted by atomic mass is 10.0. The van der Waals surface area contributed by atoms with Gasteiger partial charge in [0.25, 0.3) is 0 Å². The lowest BCUT2D eigenvalue weighted by Crippen LogP contribution is -2.10. The highest BCUT2D eigenvalue weighted by Gasteiger charge is 2.13. The number of hydrogen-bond donors (Lipinski definition) is 1. The number of nitrogens with zero attached hydrogens (tertiary/aromatic N) is 1. The predicted octanol–water partition coefficient (Wildman–Crippen LogP) is 4.29. The Hall–Kier alpha value is -2.78. The molecule has 0 spiro atoms. The summed E-state index contributed by atoms with van der Waals surface area (Å²) < 4.78 is 11.1. The van der Waals surface area contributed by atoms with Crippen molar-refractivity contribution >= 4 is 33.5 Å². The molecule has 0 radical (unpaired) electrons. The Morgan fingerprint density at radius 3 is 2.56 bits per heavy atom. The number of halogens is 1. The molecule has 0 saturated heterocycles. The minimum absolute atomic E-state index is 0.302. The molecule has 128 valence electrons. The lowest BCUT2D eigenvalue weighted by Gasteiger charge is -2.12. The maximum absolute atomic E-state index is 10.7. The zero-order valence-electron chi connectivity index (χ0n) is 13.7. The largest absolute Gasteiger partial charge is 0.493 e. The van der Waals surface area contributed by atoms with Crippen LogP contribution >= 0.6 is 15.9 Å². The Morgan fingerprint density at radius 1 is 1.32 bits per heavy atom. The zero-order chi connectivity index (χ0) is 18.4. The van der Waals surface area contributed by atoms with E-state index < -0.39 is 12.6 Å². The highest BCUT2D eigenvalue weighted by molar-refractivity contribution is 9.10. The van der Waals surface area contributed by atoms with E-state index in [1.165, 1.54) is 7.11 Å². The summed E-state index contributed by atoms with van der Waals surface area (Å²) in [5.41, 5.74) is 3.16. The first-order valence-electron chi connectivity index (χ1n) is 7.35. The lowest BCUT2D eigenvalue weighted by molar-refractivity contribution is -0.139. The number of hydrogen-bond acceptors (Lipinski definition) is 4. The normalized spacial score (nSPS) is 10.9. The SMILES string of the molecule is COc1cc(/C=C(\C#N)c2ccc(C)cc2)cc(Br)c1OCC(=O)O. The van der Waals surface area contributed by atoms with Crippen LogP contribution in [0.1, 0.15) is 16.7 Å². The van der Waals surface area contributed by atoms with E-state index in [1.807, 2.05) is 31.2 Å². The molecule has 2 aromatic carbocycles. The van der Waals surface area contributed by atoms with Crippen LogP contribution in [0.4, 0.5) is 0 Å². The van der Waals surface area contributed by atoms with Crippen LogP contribution in [-0.4, -0.2) is 24.8 Å². The number of methoxy groups -OCH3 is 1. The molecule has 25 heavy (non-hydrogen) atoms. The maximum atomic E-state index is 10.7.